The summed E-state index contributed by atoms with van der Waals surface area (Å²) in [5.41, 5.74) is -0.537. The number of amides is 3. The monoisotopic (exact) mass is 299 g/mol. The predicted octanol–water partition coefficient (Wildman–Crippen LogP) is 1.05. The molecule has 1 atom stereocenters. The summed E-state index contributed by atoms with van der Waals surface area (Å²) in [6, 6.07) is -0.0492. The van der Waals surface area contributed by atoms with E-state index in [0.717, 1.165) is 12.8 Å². The fourth-order valence-corrected chi connectivity index (χ4v) is 2.70. The molecule has 0 radical (unpaired) electrons. The minimum Gasteiger partial charge on any atom is -0.394 e. The van der Waals surface area contributed by atoms with Gasteiger partial charge >= 0.3 is 6.03 Å². The largest absolute Gasteiger partial charge is 0.394 e. The normalized spacial score (nSPS) is 19.3. The molecule has 1 saturated heterocycles. The van der Waals surface area contributed by atoms with Gasteiger partial charge in [0.15, 0.2) is 0 Å². The standard InChI is InChI=1S/C15H29N3O3/c1-5-15(6-2,11-19)16-13(20)12-8-7-9-18(10-12)14(21)17(3)4/h12,19H,5-11H2,1-4H3,(H,16,20). The van der Waals surface area contributed by atoms with Crippen LogP contribution in [0.1, 0.15) is 39.5 Å². The molecule has 21 heavy (non-hydrogen) atoms. The van der Waals surface area contributed by atoms with Gasteiger partial charge in [0.25, 0.3) is 0 Å². The smallest absolute Gasteiger partial charge is 0.319 e. The molecule has 0 aromatic heterocycles. The molecule has 0 aliphatic carbocycles. The van der Waals surface area contributed by atoms with Gasteiger partial charge in [-0.15, -0.1) is 0 Å². The maximum Gasteiger partial charge on any atom is 0.319 e. The number of carbonyl (C=O) groups excluding carboxylic acids is 2. The maximum atomic E-state index is 12.5. The molecule has 0 aromatic rings. The Bertz CT molecular complexity index is 359. The second-order valence-electron chi connectivity index (χ2n) is 6.10. The molecule has 0 spiro atoms. The lowest BCUT2D eigenvalue weighted by Crippen LogP contribution is -2.55. The number of aliphatic hydroxyl groups is 1. The molecule has 0 bridgehead atoms. The lowest BCUT2D eigenvalue weighted by molar-refractivity contribution is -0.129. The molecule has 6 nitrogen and oxygen atoms in total. The molecular weight excluding hydrogens is 270 g/mol. The third-order valence-corrected chi connectivity index (χ3v) is 4.49. The lowest BCUT2D eigenvalue weighted by Gasteiger charge is -2.37. The first-order valence-corrected chi connectivity index (χ1v) is 7.78. The van der Waals surface area contributed by atoms with Crippen molar-refractivity contribution < 1.29 is 14.7 Å². The minimum atomic E-state index is -0.537. The average molecular weight is 299 g/mol. The molecule has 3 amide bonds. The van der Waals surface area contributed by atoms with E-state index in [-0.39, 0.29) is 24.5 Å². The number of likely N-dealkylation sites (tertiary alicyclic amines) is 1. The summed E-state index contributed by atoms with van der Waals surface area (Å²) in [6.45, 7) is 5.02. The Hall–Kier alpha value is -1.30. The van der Waals surface area contributed by atoms with Crippen LogP contribution in [0.3, 0.4) is 0 Å². The Balaban J connectivity index is 2.68. The van der Waals surface area contributed by atoms with Crippen LogP contribution in [0, 0.1) is 5.92 Å². The van der Waals surface area contributed by atoms with Crippen molar-refractivity contribution in [1.29, 1.82) is 0 Å². The molecule has 1 aliphatic heterocycles. The summed E-state index contributed by atoms with van der Waals surface area (Å²) in [4.78, 5) is 27.7. The summed E-state index contributed by atoms with van der Waals surface area (Å²) in [6.07, 6.45) is 3.01. The van der Waals surface area contributed by atoms with E-state index in [1.165, 1.54) is 4.90 Å². The van der Waals surface area contributed by atoms with Gasteiger partial charge in [-0.1, -0.05) is 13.8 Å². The number of piperidine rings is 1. The fourth-order valence-electron chi connectivity index (χ4n) is 2.70. The van der Waals surface area contributed by atoms with Crippen molar-refractivity contribution in [2.45, 2.75) is 45.1 Å². The fraction of sp³-hybridized carbons (Fsp3) is 0.867. The molecule has 122 valence electrons. The number of carbonyl (C=O) groups is 2. The van der Waals surface area contributed by atoms with Crippen LogP contribution in [0.15, 0.2) is 0 Å². The number of urea groups is 1. The van der Waals surface area contributed by atoms with E-state index in [2.05, 4.69) is 5.32 Å². The first kappa shape index (κ1) is 17.8. The SMILES string of the molecule is CCC(CC)(CO)NC(=O)C1CCCN(C(=O)N(C)C)C1. The lowest BCUT2D eigenvalue weighted by atomic mass is 9.91. The van der Waals surface area contributed by atoms with E-state index in [4.69, 9.17) is 0 Å². The van der Waals surface area contributed by atoms with Crippen molar-refractivity contribution in [3.8, 4) is 0 Å². The van der Waals surface area contributed by atoms with Crippen LogP contribution in [-0.4, -0.2) is 66.2 Å². The zero-order chi connectivity index (χ0) is 16.0. The Labute approximate surface area is 127 Å². The Morgan fingerprint density at radius 3 is 2.43 bits per heavy atom. The molecule has 1 aliphatic rings. The second kappa shape index (κ2) is 7.64. The summed E-state index contributed by atoms with van der Waals surface area (Å²) in [5, 5.41) is 12.5. The van der Waals surface area contributed by atoms with Crippen molar-refractivity contribution >= 4 is 11.9 Å². The summed E-state index contributed by atoms with van der Waals surface area (Å²) in [7, 11) is 3.44. The highest BCUT2D eigenvalue weighted by molar-refractivity contribution is 5.81. The van der Waals surface area contributed by atoms with Gasteiger partial charge in [-0.3, -0.25) is 4.79 Å². The van der Waals surface area contributed by atoms with Gasteiger partial charge in [0, 0.05) is 27.2 Å². The summed E-state index contributed by atoms with van der Waals surface area (Å²) >= 11 is 0. The van der Waals surface area contributed by atoms with E-state index >= 15 is 0 Å². The highest BCUT2D eigenvalue weighted by atomic mass is 16.3. The molecule has 1 fully saturated rings. The van der Waals surface area contributed by atoms with Crippen LogP contribution < -0.4 is 5.32 Å². The van der Waals surface area contributed by atoms with Crippen LogP contribution in [0.2, 0.25) is 0 Å². The Morgan fingerprint density at radius 1 is 1.33 bits per heavy atom. The Morgan fingerprint density at radius 2 is 1.95 bits per heavy atom. The molecule has 0 aromatic carbocycles. The van der Waals surface area contributed by atoms with Crippen LogP contribution in [0.5, 0.6) is 0 Å². The number of nitrogens with one attached hydrogen (secondary N) is 1. The third kappa shape index (κ3) is 4.33. The highest BCUT2D eigenvalue weighted by Gasteiger charge is 2.33. The van der Waals surface area contributed by atoms with E-state index in [0.29, 0.717) is 25.9 Å². The van der Waals surface area contributed by atoms with Crippen molar-refractivity contribution in [3.05, 3.63) is 0 Å². The van der Waals surface area contributed by atoms with Gasteiger partial charge in [0.05, 0.1) is 18.1 Å². The Kier molecular flexibility index (Phi) is 6.45. The molecule has 6 heteroatoms. The second-order valence-corrected chi connectivity index (χ2v) is 6.10. The molecule has 0 saturated carbocycles. The number of rotatable bonds is 5. The zero-order valence-electron chi connectivity index (χ0n) is 13.7. The minimum absolute atomic E-state index is 0.0492. The van der Waals surface area contributed by atoms with Gasteiger partial charge in [-0.2, -0.15) is 0 Å². The van der Waals surface area contributed by atoms with E-state index in [1.54, 1.807) is 19.0 Å². The summed E-state index contributed by atoms with van der Waals surface area (Å²) in [5.74, 6) is -0.240. The van der Waals surface area contributed by atoms with Gasteiger partial charge < -0.3 is 20.2 Å². The van der Waals surface area contributed by atoms with Gasteiger partial charge in [-0.05, 0) is 25.7 Å². The van der Waals surface area contributed by atoms with Crippen molar-refractivity contribution in [1.82, 2.24) is 15.1 Å². The van der Waals surface area contributed by atoms with Crippen LogP contribution in [-0.2, 0) is 4.79 Å². The van der Waals surface area contributed by atoms with Crippen LogP contribution in [0.25, 0.3) is 0 Å². The van der Waals surface area contributed by atoms with Gasteiger partial charge in [-0.25, -0.2) is 4.79 Å². The zero-order valence-corrected chi connectivity index (χ0v) is 13.7. The average Bonchev–Trinajstić information content (AvgIpc) is 2.51. The van der Waals surface area contributed by atoms with Crippen LogP contribution in [0.4, 0.5) is 4.79 Å². The first-order chi connectivity index (χ1) is 9.89. The number of hydrogen-bond acceptors (Lipinski definition) is 3. The summed E-state index contributed by atoms with van der Waals surface area (Å²) < 4.78 is 0. The molecule has 1 rings (SSSR count). The quantitative estimate of drug-likeness (QED) is 0.797. The van der Waals surface area contributed by atoms with Crippen LogP contribution >= 0.6 is 0 Å². The van der Waals surface area contributed by atoms with Gasteiger partial charge in [0.2, 0.25) is 5.91 Å². The van der Waals surface area contributed by atoms with Gasteiger partial charge in [0.1, 0.15) is 0 Å². The molecule has 1 heterocycles. The topological polar surface area (TPSA) is 72.9 Å². The number of hydrogen-bond donors (Lipinski definition) is 2. The number of nitrogens with zero attached hydrogens (tertiary/aromatic N) is 2. The van der Waals surface area contributed by atoms with E-state index in [9.17, 15) is 14.7 Å². The highest BCUT2D eigenvalue weighted by Crippen LogP contribution is 2.21. The molecular formula is C15H29N3O3. The van der Waals surface area contributed by atoms with E-state index in [1.807, 2.05) is 13.8 Å². The predicted molar refractivity (Wildman–Crippen MR) is 81.9 cm³/mol. The van der Waals surface area contributed by atoms with Crippen molar-refractivity contribution in [2.75, 3.05) is 33.8 Å². The van der Waals surface area contributed by atoms with E-state index < -0.39 is 5.54 Å². The maximum absolute atomic E-state index is 12.5. The first-order valence-electron chi connectivity index (χ1n) is 7.78. The third-order valence-electron chi connectivity index (χ3n) is 4.49. The molecule has 2 N–H and O–H groups in total. The number of aliphatic hydroxyl groups excluding tert-OH is 1. The molecule has 1 unspecified atom stereocenters. The van der Waals surface area contributed by atoms with Crippen molar-refractivity contribution in [3.63, 3.8) is 0 Å². The van der Waals surface area contributed by atoms with Crippen molar-refractivity contribution in [2.24, 2.45) is 5.92 Å².